The standard InChI is InChI=1S/C10H12BrFN2/c11-7-3-2-6-13-10(7)14-9-5-1-4-8(9)12/h2-3,6,8-9H,1,4-5H2,(H,13,14)/t8-,9+/m0/s1. The number of anilines is 1. The molecule has 0 bridgehead atoms. The SMILES string of the molecule is F[C@H]1CCC[C@H]1Nc1ncccc1Br. The van der Waals surface area contributed by atoms with Crippen molar-refractivity contribution >= 4 is 21.7 Å². The summed E-state index contributed by atoms with van der Waals surface area (Å²) in [5.41, 5.74) is 0. The lowest BCUT2D eigenvalue weighted by molar-refractivity contribution is 0.323. The summed E-state index contributed by atoms with van der Waals surface area (Å²) in [6.07, 6.45) is 3.49. The molecule has 0 radical (unpaired) electrons. The lowest BCUT2D eigenvalue weighted by atomic mass is 10.2. The van der Waals surface area contributed by atoms with Crippen LogP contribution in [0, 0.1) is 0 Å². The molecule has 1 heterocycles. The number of nitrogens with one attached hydrogen (secondary N) is 1. The van der Waals surface area contributed by atoms with Crippen LogP contribution in [0.1, 0.15) is 19.3 Å². The lowest BCUT2D eigenvalue weighted by Gasteiger charge is -2.16. The number of pyridine rings is 1. The number of alkyl halides is 1. The molecule has 0 amide bonds. The van der Waals surface area contributed by atoms with E-state index in [-0.39, 0.29) is 6.04 Å². The summed E-state index contributed by atoms with van der Waals surface area (Å²) in [4.78, 5) is 4.15. The van der Waals surface area contributed by atoms with Gasteiger partial charge in [-0.15, -0.1) is 0 Å². The van der Waals surface area contributed by atoms with Crippen molar-refractivity contribution in [3.05, 3.63) is 22.8 Å². The molecular formula is C10H12BrFN2. The van der Waals surface area contributed by atoms with Gasteiger partial charge in [0.2, 0.25) is 0 Å². The van der Waals surface area contributed by atoms with Gasteiger partial charge in [0.05, 0.1) is 10.5 Å². The maximum atomic E-state index is 13.3. The van der Waals surface area contributed by atoms with E-state index in [0.717, 1.165) is 23.1 Å². The van der Waals surface area contributed by atoms with Crippen molar-refractivity contribution in [1.29, 1.82) is 0 Å². The van der Waals surface area contributed by atoms with E-state index in [2.05, 4.69) is 26.2 Å². The van der Waals surface area contributed by atoms with Crippen molar-refractivity contribution in [3.8, 4) is 0 Å². The third-order valence-corrected chi connectivity index (χ3v) is 3.15. The molecule has 1 N–H and O–H groups in total. The first-order valence-electron chi connectivity index (χ1n) is 4.78. The fraction of sp³-hybridized carbons (Fsp3) is 0.500. The Labute approximate surface area is 91.1 Å². The zero-order valence-electron chi connectivity index (χ0n) is 7.71. The summed E-state index contributed by atoms with van der Waals surface area (Å²) in [7, 11) is 0. The van der Waals surface area contributed by atoms with Crippen molar-refractivity contribution in [1.82, 2.24) is 4.98 Å². The van der Waals surface area contributed by atoms with Gasteiger partial charge in [-0.1, -0.05) is 0 Å². The smallest absolute Gasteiger partial charge is 0.140 e. The predicted molar refractivity (Wildman–Crippen MR) is 58.1 cm³/mol. The molecule has 14 heavy (non-hydrogen) atoms. The van der Waals surface area contributed by atoms with Crippen LogP contribution in [0.2, 0.25) is 0 Å². The molecular weight excluding hydrogens is 247 g/mol. The Bertz CT molecular complexity index is 319. The first-order chi connectivity index (χ1) is 6.77. The molecule has 0 aliphatic heterocycles. The van der Waals surface area contributed by atoms with Gasteiger partial charge in [-0.05, 0) is 47.3 Å². The molecule has 1 aromatic rings. The first-order valence-corrected chi connectivity index (χ1v) is 5.58. The molecule has 4 heteroatoms. The van der Waals surface area contributed by atoms with Crippen LogP contribution in [-0.4, -0.2) is 17.2 Å². The first kappa shape index (κ1) is 9.90. The number of hydrogen-bond donors (Lipinski definition) is 1. The van der Waals surface area contributed by atoms with Crippen molar-refractivity contribution in [2.24, 2.45) is 0 Å². The van der Waals surface area contributed by atoms with Crippen molar-refractivity contribution in [2.45, 2.75) is 31.5 Å². The number of rotatable bonds is 2. The topological polar surface area (TPSA) is 24.9 Å². The summed E-state index contributed by atoms with van der Waals surface area (Å²) in [6.45, 7) is 0. The van der Waals surface area contributed by atoms with E-state index in [1.165, 1.54) is 0 Å². The predicted octanol–water partition coefficient (Wildman–Crippen LogP) is 3.15. The van der Waals surface area contributed by atoms with E-state index in [1.54, 1.807) is 6.20 Å². The molecule has 0 spiro atoms. The molecule has 2 rings (SSSR count). The van der Waals surface area contributed by atoms with Gasteiger partial charge in [0.15, 0.2) is 0 Å². The van der Waals surface area contributed by atoms with Crippen LogP contribution in [0.25, 0.3) is 0 Å². The zero-order valence-corrected chi connectivity index (χ0v) is 9.30. The molecule has 1 aliphatic rings. The van der Waals surface area contributed by atoms with E-state index < -0.39 is 6.17 Å². The minimum Gasteiger partial charge on any atom is -0.363 e. The van der Waals surface area contributed by atoms with Gasteiger partial charge in [-0.3, -0.25) is 0 Å². The van der Waals surface area contributed by atoms with Crippen LogP contribution < -0.4 is 5.32 Å². The monoisotopic (exact) mass is 258 g/mol. The number of aromatic nitrogens is 1. The molecule has 1 aliphatic carbocycles. The maximum absolute atomic E-state index is 13.3. The Morgan fingerprint density at radius 3 is 3.00 bits per heavy atom. The second-order valence-electron chi connectivity index (χ2n) is 3.53. The average molecular weight is 259 g/mol. The number of nitrogens with zero attached hydrogens (tertiary/aromatic N) is 1. The van der Waals surface area contributed by atoms with E-state index >= 15 is 0 Å². The van der Waals surface area contributed by atoms with Gasteiger partial charge in [0.25, 0.3) is 0 Å². The molecule has 2 nitrogen and oxygen atoms in total. The molecule has 1 aromatic heterocycles. The summed E-state index contributed by atoms with van der Waals surface area (Å²) in [5, 5.41) is 3.13. The summed E-state index contributed by atoms with van der Waals surface area (Å²) in [5.74, 6) is 0.738. The summed E-state index contributed by atoms with van der Waals surface area (Å²) >= 11 is 3.38. The van der Waals surface area contributed by atoms with Gasteiger partial charge in [0.1, 0.15) is 12.0 Å². The molecule has 0 unspecified atom stereocenters. The van der Waals surface area contributed by atoms with Gasteiger partial charge in [-0.25, -0.2) is 9.37 Å². The Kier molecular flexibility index (Phi) is 3.01. The Balaban J connectivity index is 2.07. The normalized spacial score (nSPS) is 26.4. The lowest BCUT2D eigenvalue weighted by Crippen LogP contribution is -2.25. The van der Waals surface area contributed by atoms with Gasteiger partial charge in [-0.2, -0.15) is 0 Å². The van der Waals surface area contributed by atoms with Crippen molar-refractivity contribution in [2.75, 3.05) is 5.32 Å². The minimum atomic E-state index is -0.732. The van der Waals surface area contributed by atoms with Crippen LogP contribution >= 0.6 is 15.9 Å². The Hall–Kier alpha value is -0.640. The van der Waals surface area contributed by atoms with E-state index in [9.17, 15) is 4.39 Å². The molecule has 76 valence electrons. The molecule has 0 aromatic carbocycles. The highest BCUT2D eigenvalue weighted by atomic mass is 79.9. The van der Waals surface area contributed by atoms with Crippen molar-refractivity contribution in [3.63, 3.8) is 0 Å². The molecule has 0 saturated heterocycles. The highest BCUT2D eigenvalue weighted by Gasteiger charge is 2.27. The average Bonchev–Trinajstić information content (AvgIpc) is 2.56. The molecule has 2 atom stereocenters. The fourth-order valence-corrected chi connectivity index (χ4v) is 2.11. The minimum absolute atomic E-state index is 0.0683. The van der Waals surface area contributed by atoms with Crippen LogP contribution in [0.15, 0.2) is 22.8 Å². The van der Waals surface area contributed by atoms with E-state index in [1.807, 2.05) is 12.1 Å². The van der Waals surface area contributed by atoms with Gasteiger partial charge >= 0.3 is 0 Å². The van der Waals surface area contributed by atoms with E-state index in [4.69, 9.17) is 0 Å². The van der Waals surface area contributed by atoms with Crippen LogP contribution in [0.4, 0.5) is 10.2 Å². The highest BCUT2D eigenvalue weighted by Crippen LogP contribution is 2.27. The Morgan fingerprint density at radius 2 is 2.36 bits per heavy atom. The van der Waals surface area contributed by atoms with Crippen LogP contribution in [0.5, 0.6) is 0 Å². The molecule has 1 saturated carbocycles. The third-order valence-electron chi connectivity index (χ3n) is 2.51. The van der Waals surface area contributed by atoms with Gasteiger partial charge < -0.3 is 5.32 Å². The number of hydrogen-bond acceptors (Lipinski definition) is 2. The van der Waals surface area contributed by atoms with Gasteiger partial charge in [0, 0.05) is 6.20 Å². The summed E-state index contributed by atoms with van der Waals surface area (Å²) < 4.78 is 14.2. The van der Waals surface area contributed by atoms with E-state index in [0.29, 0.717) is 6.42 Å². The summed E-state index contributed by atoms with van der Waals surface area (Å²) in [6, 6.07) is 3.68. The quantitative estimate of drug-likeness (QED) is 0.882. The fourth-order valence-electron chi connectivity index (χ4n) is 1.74. The van der Waals surface area contributed by atoms with Crippen LogP contribution in [0.3, 0.4) is 0 Å². The number of halogens is 2. The second-order valence-corrected chi connectivity index (χ2v) is 4.39. The molecule has 1 fully saturated rings. The third kappa shape index (κ3) is 2.05. The zero-order chi connectivity index (χ0) is 9.97. The Morgan fingerprint density at radius 1 is 1.50 bits per heavy atom. The van der Waals surface area contributed by atoms with Crippen LogP contribution in [-0.2, 0) is 0 Å². The second kappa shape index (κ2) is 4.26. The van der Waals surface area contributed by atoms with Crippen molar-refractivity contribution < 1.29 is 4.39 Å². The maximum Gasteiger partial charge on any atom is 0.140 e. The largest absolute Gasteiger partial charge is 0.363 e. The highest BCUT2D eigenvalue weighted by molar-refractivity contribution is 9.10.